The van der Waals surface area contributed by atoms with Gasteiger partial charge in [0, 0.05) is 48.0 Å². The molecule has 0 saturated carbocycles. The predicted octanol–water partition coefficient (Wildman–Crippen LogP) is 1.61. The minimum atomic E-state index is 0.299. The van der Waals surface area contributed by atoms with Crippen LogP contribution in [0.4, 0.5) is 11.5 Å². The molecule has 0 spiro atoms. The highest BCUT2D eigenvalue weighted by atomic mass is 16.5. The van der Waals surface area contributed by atoms with E-state index >= 15 is 0 Å². The Morgan fingerprint density at radius 1 is 1.29 bits per heavy atom. The summed E-state index contributed by atoms with van der Waals surface area (Å²) in [7, 11) is 0. The average molecular weight is 324 g/mol. The molecule has 0 bridgehead atoms. The largest absolute Gasteiger partial charge is 0.384 e. The van der Waals surface area contributed by atoms with Crippen LogP contribution < -0.4 is 16.4 Å². The predicted molar refractivity (Wildman–Crippen MR) is 94.8 cm³/mol. The van der Waals surface area contributed by atoms with Gasteiger partial charge in [0.25, 0.3) is 0 Å². The number of pyridine rings is 1. The van der Waals surface area contributed by atoms with Crippen molar-refractivity contribution in [3.05, 3.63) is 36.5 Å². The van der Waals surface area contributed by atoms with E-state index in [1.807, 2.05) is 18.2 Å². The molecule has 1 aliphatic rings. The van der Waals surface area contributed by atoms with Gasteiger partial charge in [-0.1, -0.05) is 12.1 Å². The van der Waals surface area contributed by atoms with E-state index in [1.54, 1.807) is 6.20 Å². The van der Waals surface area contributed by atoms with Crippen LogP contribution in [0.1, 0.15) is 0 Å². The van der Waals surface area contributed by atoms with Gasteiger partial charge in [-0.2, -0.15) is 5.10 Å². The second-order valence-electron chi connectivity index (χ2n) is 5.90. The van der Waals surface area contributed by atoms with Crippen LogP contribution in [-0.2, 0) is 4.74 Å². The minimum absolute atomic E-state index is 0.299. The highest BCUT2D eigenvalue weighted by Gasteiger charge is 2.14. The topological polar surface area (TPSA) is 101 Å². The molecule has 0 amide bonds. The molecule has 0 radical (unpaired) electrons. The fraction of sp³-hybridized carbons (Fsp3) is 0.294. The van der Waals surface area contributed by atoms with Gasteiger partial charge >= 0.3 is 0 Å². The Morgan fingerprint density at radius 3 is 3.04 bits per heavy atom. The molecule has 7 heteroatoms. The number of aromatic amines is 1. The lowest BCUT2D eigenvalue weighted by Gasteiger charge is -2.24. The van der Waals surface area contributed by atoms with Gasteiger partial charge in [-0.15, -0.1) is 0 Å². The van der Waals surface area contributed by atoms with E-state index in [9.17, 15) is 0 Å². The highest BCUT2D eigenvalue weighted by Crippen LogP contribution is 2.28. The first-order chi connectivity index (χ1) is 11.8. The van der Waals surface area contributed by atoms with Crippen molar-refractivity contribution in [2.24, 2.45) is 0 Å². The summed E-state index contributed by atoms with van der Waals surface area (Å²) in [6, 6.07) is 10.2. The summed E-state index contributed by atoms with van der Waals surface area (Å²) in [6.07, 6.45) is 1.73. The maximum Gasteiger partial charge on any atom is 0.126 e. The standard InChI is InChI=1S/C17H20N6O/c18-17-8-15(20-9-12-10-24-6-5-19-12)13-2-1-11(7-16(13)22-17)14-3-4-21-23-14/h1-4,7-8,12,19H,5-6,9-10H2,(H,21,23)(H3,18,20,22)/t12-/m1/s1. The Hall–Kier alpha value is -2.64. The molecule has 1 saturated heterocycles. The van der Waals surface area contributed by atoms with Crippen LogP contribution in [0.15, 0.2) is 36.5 Å². The Morgan fingerprint density at radius 2 is 2.25 bits per heavy atom. The third-order valence-corrected chi connectivity index (χ3v) is 4.18. The number of morpholine rings is 1. The number of nitrogens with one attached hydrogen (secondary N) is 3. The smallest absolute Gasteiger partial charge is 0.126 e. The summed E-state index contributed by atoms with van der Waals surface area (Å²) in [5, 5.41) is 14.9. The quantitative estimate of drug-likeness (QED) is 0.582. The van der Waals surface area contributed by atoms with E-state index in [4.69, 9.17) is 10.5 Å². The first-order valence-electron chi connectivity index (χ1n) is 8.04. The average Bonchev–Trinajstić information content (AvgIpc) is 3.14. The molecule has 1 aliphatic heterocycles. The number of benzene rings is 1. The van der Waals surface area contributed by atoms with Gasteiger partial charge < -0.3 is 21.1 Å². The number of rotatable bonds is 4. The zero-order chi connectivity index (χ0) is 16.4. The fourth-order valence-corrected chi connectivity index (χ4v) is 2.96. The Bertz CT molecular complexity index is 826. The number of aromatic nitrogens is 3. The Labute approximate surface area is 139 Å². The van der Waals surface area contributed by atoms with Gasteiger partial charge in [-0.25, -0.2) is 4.98 Å². The molecule has 0 aliphatic carbocycles. The van der Waals surface area contributed by atoms with Gasteiger partial charge in [0.1, 0.15) is 5.82 Å². The van der Waals surface area contributed by atoms with Crippen LogP contribution in [0.2, 0.25) is 0 Å². The third kappa shape index (κ3) is 3.04. The Balaban J connectivity index is 1.62. The number of H-pyrrole nitrogens is 1. The minimum Gasteiger partial charge on any atom is -0.384 e. The number of fused-ring (bicyclic) bond motifs is 1. The summed E-state index contributed by atoms with van der Waals surface area (Å²) >= 11 is 0. The number of hydrogen-bond acceptors (Lipinski definition) is 6. The van der Waals surface area contributed by atoms with Crippen molar-refractivity contribution < 1.29 is 4.74 Å². The van der Waals surface area contributed by atoms with Crippen LogP contribution in [0, 0.1) is 0 Å². The molecule has 24 heavy (non-hydrogen) atoms. The molecule has 5 N–H and O–H groups in total. The van der Waals surface area contributed by atoms with E-state index in [0.29, 0.717) is 11.9 Å². The van der Waals surface area contributed by atoms with Gasteiger partial charge in [0.2, 0.25) is 0 Å². The van der Waals surface area contributed by atoms with Crippen LogP contribution in [-0.4, -0.2) is 47.5 Å². The molecule has 0 unspecified atom stereocenters. The molecule has 4 rings (SSSR count). The second kappa shape index (κ2) is 6.46. The summed E-state index contributed by atoms with van der Waals surface area (Å²) < 4.78 is 5.49. The molecule has 3 heterocycles. The van der Waals surface area contributed by atoms with E-state index in [0.717, 1.165) is 54.2 Å². The number of nitrogens with two attached hydrogens (primary N) is 1. The lowest BCUT2D eigenvalue weighted by molar-refractivity contribution is 0.0807. The number of hydrogen-bond donors (Lipinski definition) is 4. The SMILES string of the molecule is Nc1cc(NC[C@@H]2COCCN2)c2ccc(-c3ccn[nH]3)cc2n1. The van der Waals surface area contributed by atoms with E-state index in [2.05, 4.69) is 37.9 Å². The van der Waals surface area contributed by atoms with Gasteiger partial charge in [-0.3, -0.25) is 5.10 Å². The van der Waals surface area contributed by atoms with E-state index in [1.165, 1.54) is 0 Å². The molecule has 7 nitrogen and oxygen atoms in total. The summed E-state index contributed by atoms with van der Waals surface area (Å²) in [5.74, 6) is 0.500. The second-order valence-corrected chi connectivity index (χ2v) is 5.90. The molecule has 124 valence electrons. The number of nitrogen functional groups attached to an aromatic ring is 1. The first kappa shape index (κ1) is 14.9. The van der Waals surface area contributed by atoms with Crippen LogP contribution in [0.3, 0.4) is 0 Å². The third-order valence-electron chi connectivity index (χ3n) is 4.18. The summed E-state index contributed by atoms with van der Waals surface area (Å²) in [4.78, 5) is 4.46. The maximum absolute atomic E-state index is 5.99. The van der Waals surface area contributed by atoms with Crippen LogP contribution in [0.25, 0.3) is 22.2 Å². The van der Waals surface area contributed by atoms with E-state index < -0.39 is 0 Å². The van der Waals surface area contributed by atoms with Crippen molar-refractivity contribution in [1.29, 1.82) is 0 Å². The Kier molecular flexibility index (Phi) is 4.02. The summed E-state index contributed by atoms with van der Waals surface area (Å²) in [5.41, 5.74) is 9.83. The van der Waals surface area contributed by atoms with E-state index in [-0.39, 0.29) is 0 Å². The van der Waals surface area contributed by atoms with Crippen molar-refractivity contribution in [1.82, 2.24) is 20.5 Å². The van der Waals surface area contributed by atoms with Crippen molar-refractivity contribution in [3.63, 3.8) is 0 Å². The van der Waals surface area contributed by atoms with Crippen LogP contribution >= 0.6 is 0 Å². The number of ether oxygens (including phenoxy) is 1. The molecular weight excluding hydrogens is 304 g/mol. The zero-order valence-corrected chi connectivity index (χ0v) is 13.2. The maximum atomic E-state index is 5.99. The first-order valence-corrected chi connectivity index (χ1v) is 8.04. The molecular formula is C17H20N6O. The van der Waals surface area contributed by atoms with Crippen molar-refractivity contribution >= 4 is 22.4 Å². The molecule has 1 fully saturated rings. The zero-order valence-electron chi connectivity index (χ0n) is 13.2. The van der Waals surface area contributed by atoms with Crippen LogP contribution in [0.5, 0.6) is 0 Å². The molecule has 1 aromatic carbocycles. The van der Waals surface area contributed by atoms with Gasteiger partial charge in [0.15, 0.2) is 0 Å². The van der Waals surface area contributed by atoms with Crippen molar-refractivity contribution in [2.45, 2.75) is 6.04 Å². The number of nitrogens with zero attached hydrogens (tertiary/aromatic N) is 2. The number of anilines is 2. The normalized spacial score (nSPS) is 17.9. The van der Waals surface area contributed by atoms with Crippen molar-refractivity contribution in [3.8, 4) is 11.3 Å². The van der Waals surface area contributed by atoms with Gasteiger partial charge in [0.05, 0.1) is 24.4 Å². The molecule has 2 aromatic heterocycles. The van der Waals surface area contributed by atoms with Gasteiger partial charge in [-0.05, 0) is 12.1 Å². The lowest BCUT2D eigenvalue weighted by Crippen LogP contribution is -2.45. The lowest BCUT2D eigenvalue weighted by atomic mass is 10.1. The molecule has 3 aromatic rings. The monoisotopic (exact) mass is 324 g/mol. The fourth-order valence-electron chi connectivity index (χ4n) is 2.96. The molecule has 1 atom stereocenters. The highest BCUT2D eigenvalue weighted by molar-refractivity contribution is 5.95. The summed E-state index contributed by atoms with van der Waals surface area (Å²) in [6.45, 7) is 3.16. The van der Waals surface area contributed by atoms with Crippen molar-refractivity contribution in [2.75, 3.05) is 37.4 Å².